The second kappa shape index (κ2) is 6.94. The summed E-state index contributed by atoms with van der Waals surface area (Å²) in [5, 5.41) is 9.56. The van der Waals surface area contributed by atoms with E-state index in [4.69, 9.17) is 16.3 Å². The fraction of sp³-hybridized carbons (Fsp3) is 0.588. The van der Waals surface area contributed by atoms with E-state index in [1.165, 1.54) is 6.07 Å². The van der Waals surface area contributed by atoms with Gasteiger partial charge in [0.25, 0.3) is 0 Å². The van der Waals surface area contributed by atoms with E-state index >= 15 is 0 Å². The van der Waals surface area contributed by atoms with E-state index in [9.17, 15) is 23.1 Å². The molecular weight excluding hydrogens is 359 g/mol. The molecule has 1 fully saturated rings. The van der Waals surface area contributed by atoms with Crippen molar-refractivity contribution in [1.29, 1.82) is 0 Å². The molecule has 0 aliphatic carbocycles. The first kappa shape index (κ1) is 19.7. The van der Waals surface area contributed by atoms with Gasteiger partial charge in [0.05, 0.1) is 10.6 Å². The number of likely N-dealkylation sites (tertiary alicyclic amines) is 1. The molecule has 0 spiro atoms. The number of ether oxygens (including phenoxy) is 1. The largest absolute Gasteiger partial charge is 0.508 e. The van der Waals surface area contributed by atoms with Gasteiger partial charge in [-0.2, -0.15) is 13.2 Å². The molecule has 1 aromatic carbocycles. The summed E-state index contributed by atoms with van der Waals surface area (Å²) < 4.78 is 43.8. The molecule has 25 heavy (non-hydrogen) atoms. The first-order valence-corrected chi connectivity index (χ1v) is 8.34. The lowest BCUT2D eigenvalue weighted by molar-refractivity contribution is -0.137. The lowest BCUT2D eigenvalue weighted by Crippen LogP contribution is -2.41. The van der Waals surface area contributed by atoms with Crippen LogP contribution in [0, 0.1) is 0 Å². The highest BCUT2D eigenvalue weighted by Gasteiger charge is 2.35. The van der Waals surface area contributed by atoms with Gasteiger partial charge in [0.1, 0.15) is 11.4 Å². The zero-order valence-electron chi connectivity index (χ0n) is 14.3. The van der Waals surface area contributed by atoms with E-state index in [0.717, 1.165) is 0 Å². The van der Waals surface area contributed by atoms with E-state index in [0.29, 0.717) is 37.6 Å². The fourth-order valence-corrected chi connectivity index (χ4v) is 3.10. The summed E-state index contributed by atoms with van der Waals surface area (Å²) in [4.78, 5) is 13.6. The van der Waals surface area contributed by atoms with Crippen LogP contribution in [0.15, 0.2) is 12.1 Å². The second-order valence-electron chi connectivity index (χ2n) is 7.13. The molecule has 1 heterocycles. The van der Waals surface area contributed by atoms with E-state index in [2.05, 4.69) is 0 Å². The highest BCUT2D eigenvalue weighted by atomic mass is 35.5. The number of benzene rings is 1. The number of carbonyl (C=O) groups excluding carboxylic acids is 1. The van der Waals surface area contributed by atoms with Crippen LogP contribution in [0.3, 0.4) is 0 Å². The molecule has 1 amide bonds. The summed E-state index contributed by atoms with van der Waals surface area (Å²) in [7, 11) is 0. The Hall–Kier alpha value is -1.63. The van der Waals surface area contributed by atoms with Gasteiger partial charge in [-0.3, -0.25) is 0 Å². The Kier molecular flexibility index (Phi) is 5.47. The van der Waals surface area contributed by atoms with Crippen molar-refractivity contribution in [1.82, 2.24) is 4.90 Å². The molecule has 1 aromatic rings. The summed E-state index contributed by atoms with van der Waals surface area (Å²) >= 11 is 5.74. The first-order chi connectivity index (χ1) is 11.4. The Morgan fingerprint density at radius 3 is 2.28 bits per heavy atom. The van der Waals surface area contributed by atoms with Crippen LogP contribution in [-0.4, -0.2) is 34.8 Å². The van der Waals surface area contributed by atoms with Crippen LogP contribution in [0.5, 0.6) is 5.75 Å². The lowest BCUT2D eigenvalue weighted by Gasteiger charge is -2.34. The minimum Gasteiger partial charge on any atom is -0.508 e. The number of hydrogen-bond acceptors (Lipinski definition) is 3. The number of nitrogens with zero attached hydrogens (tertiary/aromatic N) is 1. The highest BCUT2D eigenvalue weighted by Crippen LogP contribution is 2.42. The number of phenols is 1. The van der Waals surface area contributed by atoms with Crippen molar-refractivity contribution in [3.05, 3.63) is 28.3 Å². The molecule has 1 aliphatic heterocycles. The van der Waals surface area contributed by atoms with Crippen molar-refractivity contribution in [3.63, 3.8) is 0 Å². The summed E-state index contributed by atoms with van der Waals surface area (Å²) in [5.74, 6) is -0.592. The summed E-state index contributed by atoms with van der Waals surface area (Å²) in [5.41, 5.74) is -1.27. The van der Waals surface area contributed by atoms with E-state index < -0.39 is 34.2 Å². The Morgan fingerprint density at radius 2 is 1.80 bits per heavy atom. The quantitative estimate of drug-likeness (QED) is 0.731. The van der Waals surface area contributed by atoms with Crippen molar-refractivity contribution in [3.8, 4) is 5.75 Å². The van der Waals surface area contributed by atoms with E-state index in [-0.39, 0.29) is 5.92 Å². The lowest BCUT2D eigenvalue weighted by atomic mass is 9.88. The summed E-state index contributed by atoms with van der Waals surface area (Å²) in [6.45, 7) is 6.13. The first-order valence-electron chi connectivity index (χ1n) is 7.96. The van der Waals surface area contributed by atoms with E-state index in [1.807, 2.05) is 0 Å². The third-order valence-electron chi connectivity index (χ3n) is 4.01. The number of hydrogen-bond donors (Lipinski definition) is 1. The van der Waals surface area contributed by atoms with Crippen molar-refractivity contribution in [2.24, 2.45) is 0 Å². The predicted molar refractivity (Wildman–Crippen MR) is 87.9 cm³/mol. The zero-order valence-corrected chi connectivity index (χ0v) is 15.0. The maximum Gasteiger partial charge on any atom is 0.417 e. The van der Waals surface area contributed by atoms with Gasteiger partial charge in [0.2, 0.25) is 0 Å². The van der Waals surface area contributed by atoms with Gasteiger partial charge < -0.3 is 14.7 Å². The van der Waals surface area contributed by atoms with Crippen LogP contribution in [-0.2, 0) is 10.9 Å². The van der Waals surface area contributed by atoms with Gasteiger partial charge in [-0.15, -0.1) is 0 Å². The third-order valence-corrected chi connectivity index (χ3v) is 4.32. The molecular formula is C17H21ClF3NO3. The van der Waals surface area contributed by atoms with Crippen molar-refractivity contribution >= 4 is 17.7 Å². The normalized spacial score (nSPS) is 16.8. The maximum atomic E-state index is 12.8. The Labute approximate surface area is 149 Å². The highest BCUT2D eigenvalue weighted by molar-refractivity contribution is 6.31. The molecule has 0 bridgehead atoms. The molecule has 1 saturated heterocycles. The minimum absolute atomic E-state index is 0.168. The molecule has 0 unspecified atom stereocenters. The molecule has 140 valence electrons. The molecule has 2 rings (SSSR count). The van der Waals surface area contributed by atoms with Crippen molar-refractivity contribution in [2.45, 2.75) is 51.3 Å². The van der Waals surface area contributed by atoms with Crippen molar-refractivity contribution in [2.75, 3.05) is 13.1 Å². The number of piperidine rings is 1. The van der Waals surface area contributed by atoms with Crippen molar-refractivity contribution < 1.29 is 27.8 Å². The molecule has 0 radical (unpaired) electrons. The van der Waals surface area contributed by atoms with Gasteiger partial charge in [0.15, 0.2) is 0 Å². The van der Waals surface area contributed by atoms with Gasteiger partial charge >= 0.3 is 12.3 Å². The van der Waals surface area contributed by atoms with Gasteiger partial charge in [-0.1, -0.05) is 11.6 Å². The molecule has 0 saturated carbocycles. The van der Waals surface area contributed by atoms with Crippen LogP contribution < -0.4 is 0 Å². The summed E-state index contributed by atoms with van der Waals surface area (Å²) in [6, 6.07) is 1.84. The third kappa shape index (κ3) is 4.93. The Bertz CT molecular complexity index is 648. The van der Waals surface area contributed by atoms with Crippen LogP contribution in [0.25, 0.3) is 0 Å². The average molecular weight is 380 g/mol. The van der Waals surface area contributed by atoms with Gasteiger partial charge in [-0.05, 0) is 57.2 Å². The van der Waals surface area contributed by atoms with Gasteiger partial charge in [0, 0.05) is 13.1 Å². The smallest absolute Gasteiger partial charge is 0.417 e. The molecule has 0 atom stereocenters. The number of alkyl halides is 3. The Balaban J connectivity index is 2.08. The number of rotatable bonds is 1. The topological polar surface area (TPSA) is 49.8 Å². The average Bonchev–Trinajstić information content (AvgIpc) is 2.46. The second-order valence-corrected chi connectivity index (χ2v) is 7.54. The maximum absolute atomic E-state index is 12.8. The van der Waals surface area contributed by atoms with Crippen LogP contribution >= 0.6 is 11.6 Å². The van der Waals surface area contributed by atoms with E-state index in [1.54, 1.807) is 25.7 Å². The monoisotopic (exact) mass is 379 g/mol. The molecule has 4 nitrogen and oxygen atoms in total. The number of carbonyl (C=O) groups is 1. The minimum atomic E-state index is -4.62. The van der Waals surface area contributed by atoms with Gasteiger partial charge in [-0.25, -0.2) is 4.79 Å². The predicted octanol–water partition coefficient (Wildman–Crippen LogP) is 5.18. The zero-order chi connectivity index (χ0) is 19.0. The number of aromatic hydroxyl groups is 1. The number of amides is 1. The molecule has 1 N–H and O–H groups in total. The molecule has 8 heteroatoms. The number of phenolic OH excluding ortho intramolecular Hbond substituents is 1. The van der Waals surface area contributed by atoms with Crippen LogP contribution in [0.2, 0.25) is 5.02 Å². The summed E-state index contributed by atoms with van der Waals surface area (Å²) in [6.07, 6.45) is -4.02. The molecule has 1 aliphatic rings. The molecule has 0 aromatic heterocycles. The number of halogens is 4. The van der Waals surface area contributed by atoms with Crippen LogP contribution in [0.1, 0.15) is 50.7 Å². The SMILES string of the molecule is CC(C)(C)OC(=O)N1CCC(c2cc(Cl)c(C(F)(F)F)cc2O)CC1. The Morgan fingerprint density at radius 1 is 1.24 bits per heavy atom. The standard InChI is InChI=1S/C17H21ClF3NO3/c1-16(2,3)25-15(24)22-6-4-10(5-7-22)11-8-13(18)12(9-14(11)23)17(19,20)21/h8-10,23H,4-7H2,1-3H3. The van der Waals surface area contributed by atoms with Crippen LogP contribution in [0.4, 0.5) is 18.0 Å². The fourth-order valence-electron chi connectivity index (χ4n) is 2.82.